The minimum absolute atomic E-state index is 0.0733. The predicted molar refractivity (Wildman–Crippen MR) is 238 cm³/mol. The van der Waals surface area contributed by atoms with Crippen LogP contribution in [0.2, 0.25) is 0 Å². The second-order valence-electron chi connectivity index (χ2n) is 16.7. The normalized spacial score (nSPS) is 12.0. The highest BCUT2D eigenvalue weighted by atomic mass is 16.6. The minimum atomic E-state index is -0.772. The molecule has 1 unspecified atom stereocenters. The van der Waals surface area contributed by atoms with Gasteiger partial charge in [-0.25, -0.2) is 0 Å². The summed E-state index contributed by atoms with van der Waals surface area (Å²) in [4.78, 5) is 37.7. The summed E-state index contributed by atoms with van der Waals surface area (Å²) in [5, 5.41) is 0. The van der Waals surface area contributed by atoms with Crippen molar-refractivity contribution in [3.63, 3.8) is 0 Å². The molecule has 6 nitrogen and oxygen atoms in total. The zero-order chi connectivity index (χ0) is 40.8. The number of rotatable bonds is 45. The maximum atomic E-state index is 12.7. The lowest BCUT2D eigenvalue weighted by molar-refractivity contribution is -0.167. The monoisotopic (exact) mass is 791 g/mol. The molecule has 0 radical (unpaired) electrons. The summed E-state index contributed by atoms with van der Waals surface area (Å²) in [5.74, 6) is -0.897. The van der Waals surface area contributed by atoms with Crippen molar-refractivity contribution in [1.29, 1.82) is 0 Å². The Morgan fingerprint density at radius 2 is 0.607 bits per heavy atom. The molecule has 0 rings (SSSR count). The van der Waals surface area contributed by atoms with E-state index in [4.69, 9.17) is 14.2 Å². The molecule has 0 amide bonds. The molecule has 6 heteroatoms. The van der Waals surface area contributed by atoms with Gasteiger partial charge in [-0.2, -0.15) is 0 Å². The third-order valence-corrected chi connectivity index (χ3v) is 11.0. The number of carbonyl (C=O) groups is 3. The molecular weight excluding hydrogens is 697 g/mol. The Morgan fingerprint density at radius 1 is 0.339 bits per heavy atom. The van der Waals surface area contributed by atoms with E-state index in [1.54, 1.807) is 0 Å². The van der Waals surface area contributed by atoms with E-state index in [9.17, 15) is 14.4 Å². The molecule has 0 aromatic carbocycles. The van der Waals surface area contributed by atoms with Crippen molar-refractivity contribution < 1.29 is 28.6 Å². The van der Waals surface area contributed by atoms with Crippen molar-refractivity contribution in [1.82, 2.24) is 0 Å². The fourth-order valence-electron chi connectivity index (χ4n) is 7.27. The number of hydrogen-bond donors (Lipinski definition) is 0. The van der Waals surface area contributed by atoms with Crippen molar-refractivity contribution in [3.8, 4) is 0 Å². The molecule has 0 aliphatic rings. The van der Waals surface area contributed by atoms with Gasteiger partial charge in [-0.05, 0) is 38.5 Å². The molecule has 0 aliphatic heterocycles. The highest BCUT2D eigenvalue weighted by Crippen LogP contribution is 2.16. The second kappa shape index (κ2) is 45.8. The smallest absolute Gasteiger partial charge is 0.306 e. The van der Waals surface area contributed by atoms with Crippen LogP contribution >= 0.6 is 0 Å². The van der Waals surface area contributed by atoms with E-state index in [0.717, 1.165) is 57.8 Å². The second-order valence-corrected chi connectivity index (χ2v) is 16.7. The largest absolute Gasteiger partial charge is 0.462 e. The van der Waals surface area contributed by atoms with E-state index < -0.39 is 6.10 Å². The Labute approximate surface area is 348 Å². The first-order valence-corrected chi connectivity index (χ1v) is 24.7. The van der Waals surface area contributed by atoms with Gasteiger partial charge in [-0.3, -0.25) is 14.4 Å². The number of carbonyl (C=O) groups excluding carboxylic acids is 3. The van der Waals surface area contributed by atoms with Gasteiger partial charge < -0.3 is 14.2 Å². The third kappa shape index (κ3) is 43.3. The van der Waals surface area contributed by atoms with Crippen LogP contribution in [0.5, 0.6) is 0 Å². The van der Waals surface area contributed by atoms with Gasteiger partial charge in [0.25, 0.3) is 0 Å². The first kappa shape index (κ1) is 54.2. The van der Waals surface area contributed by atoms with E-state index in [2.05, 4.69) is 32.9 Å². The van der Waals surface area contributed by atoms with Crippen LogP contribution in [0.4, 0.5) is 0 Å². The lowest BCUT2D eigenvalue weighted by atomic mass is 10.0. The fourth-order valence-corrected chi connectivity index (χ4v) is 7.27. The number of hydrogen-bond acceptors (Lipinski definition) is 6. The van der Waals surface area contributed by atoms with E-state index in [1.165, 1.54) is 173 Å². The van der Waals surface area contributed by atoms with Crippen LogP contribution in [0, 0.1) is 0 Å². The minimum Gasteiger partial charge on any atom is -0.462 e. The summed E-state index contributed by atoms with van der Waals surface area (Å²) in [6.07, 6.45) is 49.2. The van der Waals surface area contributed by atoms with Crippen LogP contribution in [-0.4, -0.2) is 37.2 Å². The van der Waals surface area contributed by atoms with Gasteiger partial charge in [0.05, 0.1) is 0 Å². The molecule has 0 saturated carbocycles. The van der Waals surface area contributed by atoms with E-state index in [1.807, 2.05) is 0 Å². The van der Waals surface area contributed by atoms with Crippen LogP contribution in [-0.2, 0) is 28.6 Å². The zero-order valence-corrected chi connectivity index (χ0v) is 37.7. The van der Waals surface area contributed by atoms with Crippen LogP contribution < -0.4 is 0 Å². The Morgan fingerprint density at radius 3 is 0.964 bits per heavy atom. The molecule has 0 aliphatic carbocycles. The van der Waals surface area contributed by atoms with E-state index in [-0.39, 0.29) is 31.1 Å². The van der Waals surface area contributed by atoms with Gasteiger partial charge >= 0.3 is 17.9 Å². The molecule has 0 heterocycles. The zero-order valence-electron chi connectivity index (χ0n) is 37.7. The molecular formula is C50H94O6. The molecule has 330 valence electrons. The lowest BCUT2D eigenvalue weighted by Gasteiger charge is -2.18. The van der Waals surface area contributed by atoms with Crippen molar-refractivity contribution in [2.45, 2.75) is 277 Å². The van der Waals surface area contributed by atoms with Crippen LogP contribution in [0.1, 0.15) is 271 Å². The molecule has 0 N–H and O–H groups in total. The number of unbranched alkanes of at least 4 members (excludes halogenated alkanes) is 32. The summed E-state index contributed by atoms with van der Waals surface area (Å²) in [6.45, 7) is 6.60. The van der Waals surface area contributed by atoms with E-state index >= 15 is 0 Å². The molecule has 0 saturated heterocycles. The molecule has 0 aromatic heterocycles. The van der Waals surface area contributed by atoms with Crippen molar-refractivity contribution in [2.24, 2.45) is 0 Å². The highest BCUT2D eigenvalue weighted by molar-refractivity contribution is 5.71. The quantitative estimate of drug-likeness (QED) is 0.0264. The van der Waals surface area contributed by atoms with Gasteiger partial charge in [0.2, 0.25) is 0 Å². The fraction of sp³-hybridized carbons (Fsp3) is 0.900. The first-order valence-electron chi connectivity index (χ1n) is 24.7. The first-order chi connectivity index (χ1) is 27.5. The molecule has 1 atom stereocenters. The molecule has 0 fully saturated rings. The Balaban J connectivity index is 4.29. The maximum absolute atomic E-state index is 12.7. The average Bonchev–Trinajstić information content (AvgIpc) is 3.19. The van der Waals surface area contributed by atoms with Crippen LogP contribution in [0.25, 0.3) is 0 Å². The molecule has 0 spiro atoms. The average molecular weight is 791 g/mol. The molecule has 0 bridgehead atoms. The Hall–Kier alpha value is -1.85. The summed E-state index contributed by atoms with van der Waals surface area (Å²) in [5.41, 5.74) is 0. The van der Waals surface area contributed by atoms with Gasteiger partial charge in [0.1, 0.15) is 13.2 Å². The summed E-state index contributed by atoms with van der Waals surface area (Å²) in [6, 6.07) is 0. The summed E-state index contributed by atoms with van der Waals surface area (Å²) in [7, 11) is 0. The lowest BCUT2D eigenvalue weighted by Crippen LogP contribution is -2.30. The van der Waals surface area contributed by atoms with Gasteiger partial charge in [-0.1, -0.05) is 226 Å². The Kier molecular flexibility index (Phi) is 44.3. The number of ether oxygens (including phenoxy) is 3. The summed E-state index contributed by atoms with van der Waals surface area (Å²) < 4.78 is 16.7. The van der Waals surface area contributed by atoms with Crippen LogP contribution in [0.15, 0.2) is 12.2 Å². The van der Waals surface area contributed by atoms with Gasteiger partial charge in [0, 0.05) is 19.3 Å². The van der Waals surface area contributed by atoms with Gasteiger partial charge in [0.15, 0.2) is 6.10 Å². The maximum Gasteiger partial charge on any atom is 0.306 e. The van der Waals surface area contributed by atoms with Gasteiger partial charge in [-0.15, -0.1) is 0 Å². The van der Waals surface area contributed by atoms with Crippen molar-refractivity contribution in [2.75, 3.05) is 13.2 Å². The van der Waals surface area contributed by atoms with Crippen molar-refractivity contribution >= 4 is 17.9 Å². The molecule has 56 heavy (non-hydrogen) atoms. The Bertz CT molecular complexity index is 870. The van der Waals surface area contributed by atoms with E-state index in [0.29, 0.717) is 19.3 Å². The van der Waals surface area contributed by atoms with Crippen LogP contribution in [0.3, 0.4) is 0 Å². The topological polar surface area (TPSA) is 78.9 Å². The number of esters is 3. The van der Waals surface area contributed by atoms with Crippen molar-refractivity contribution in [3.05, 3.63) is 12.2 Å². The standard InChI is InChI=1S/C50H94O6/c1-4-7-10-13-16-19-21-23-24-25-27-28-31-34-37-40-43-49(52)55-46-47(45-54-48(51)42-39-36-33-30-18-15-12-9-6-3)56-50(53)44-41-38-35-32-29-26-22-20-17-14-11-8-5-2/h30,33,47H,4-29,31-32,34-46H2,1-3H3/b33-30-. The number of allylic oxidation sites excluding steroid dienone is 2. The summed E-state index contributed by atoms with van der Waals surface area (Å²) >= 11 is 0. The predicted octanol–water partition coefficient (Wildman–Crippen LogP) is 15.8. The third-order valence-electron chi connectivity index (χ3n) is 11.0. The SMILES string of the molecule is CCCCCC/C=C\CCCC(=O)OCC(COC(=O)CCCCCCCCCCCCCCCCCC)OC(=O)CCCCCCCCCCCCCCC. The molecule has 0 aromatic rings. The highest BCUT2D eigenvalue weighted by Gasteiger charge is 2.19.